The first kappa shape index (κ1) is 55.7. The molecule has 2 aromatic heterocycles. The van der Waals surface area contributed by atoms with E-state index in [9.17, 15) is 0 Å². The highest BCUT2D eigenvalue weighted by Gasteiger charge is 2.32. The van der Waals surface area contributed by atoms with Gasteiger partial charge in [-0.05, 0) is 152 Å². The van der Waals surface area contributed by atoms with Gasteiger partial charge in [-0.25, -0.2) is 0 Å². The average molecular weight is 1140 g/mol. The molecule has 0 atom stereocenters. The van der Waals surface area contributed by atoms with E-state index in [1.165, 1.54) is 27.5 Å². The molecule has 0 saturated carbocycles. The Morgan fingerprint density at radius 3 is 1.07 bits per heavy atom. The fraction of sp³-hybridized carbons (Fsp3) is 0.143. The maximum absolute atomic E-state index is 6.63. The quantitative estimate of drug-likeness (QED) is 0.129. The second-order valence-corrected chi connectivity index (χ2v) is 26.6. The number of fused-ring (bicyclic) bond motifs is 6. The number of hydrogen-bond acceptors (Lipinski definition) is 3. The zero-order valence-corrected chi connectivity index (χ0v) is 51.8. The van der Waals surface area contributed by atoms with E-state index in [4.69, 9.17) is 4.42 Å². The Bertz CT molecular complexity index is 4720. The first-order valence-electron chi connectivity index (χ1n) is 30.9. The number of aromatic nitrogens is 1. The van der Waals surface area contributed by atoms with Crippen LogP contribution in [-0.2, 0) is 16.2 Å². The molecule has 0 spiro atoms. The summed E-state index contributed by atoms with van der Waals surface area (Å²) in [6.45, 7) is 21.0. The zero-order chi connectivity index (χ0) is 60.5. The van der Waals surface area contributed by atoms with E-state index < -0.39 is 0 Å². The molecular weight excluding hydrogens is 1070 g/mol. The van der Waals surface area contributed by atoms with Gasteiger partial charge in [0.1, 0.15) is 11.2 Å². The van der Waals surface area contributed by atoms with Crippen LogP contribution in [0.2, 0.25) is 0 Å². The van der Waals surface area contributed by atoms with Crippen molar-refractivity contribution in [2.75, 3.05) is 9.80 Å². The molecule has 4 heteroatoms. The molecule has 430 valence electrons. The summed E-state index contributed by atoms with van der Waals surface area (Å²) >= 11 is 0. The molecule has 0 aliphatic carbocycles. The van der Waals surface area contributed by atoms with Crippen LogP contribution in [0.1, 0.15) is 79.0 Å². The van der Waals surface area contributed by atoms with Crippen molar-refractivity contribution in [2.45, 2.75) is 78.6 Å². The predicted molar refractivity (Wildman–Crippen MR) is 375 cm³/mol. The Morgan fingerprint density at radius 1 is 0.273 bits per heavy atom. The van der Waals surface area contributed by atoms with Gasteiger partial charge in [0.15, 0.2) is 0 Å². The Kier molecular flexibility index (Phi) is 13.9. The first-order valence-corrected chi connectivity index (χ1v) is 30.9. The molecule has 0 aliphatic heterocycles. The standard InChI is InChI=1S/C84H73N3O/c1-82(2,3)60-47-66(54-67(48-60)86(65-45-46-79-75(55-65)70-41-24-27-44-78(70)88-79)81-73(58-33-18-12-19-34-58)51-62(84(7,8)9)52-74(81)59-35-20-13-21-36-59)85(63-37-28-38-64(53-63)87-76-42-25-22-39-68(76)69-40-23-26-43-77(69)87)80-71(56-29-14-10-15-30-56)49-61(83(4,5)6)50-72(80)57-31-16-11-17-32-57/h10-55H,1-9H3. The summed E-state index contributed by atoms with van der Waals surface area (Å²) in [5.41, 5.74) is 23.5. The summed E-state index contributed by atoms with van der Waals surface area (Å²) in [6, 6.07) is 103. The maximum Gasteiger partial charge on any atom is 0.135 e. The Balaban J connectivity index is 1.15. The van der Waals surface area contributed by atoms with Crippen molar-refractivity contribution in [3.8, 4) is 50.2 Å². The highest BCUT2D eigenvalue weighted by Crippen LogP contribution is 2.54. The minimum Gasteiger partial charge on any atom is -0.456 e. The van der Waals surface area contributed by atoms with Crippen molar-refractivity contribution >= 4 is 77.9 Å². The van der Waals surface area contributed by atoms with Crippen molar-refractivity contribution in [3.63, 3.8) is 0 Å². The van der Waals surface area contributed by atoms with Gasteiger partial charge in [0.05, 0.1) is 22.4 Å². The topological polar surface area (TPSA) is 24.6 Å². The van der Waals surface area contributed by atoms with Crippen molar-refractivity contribution in [1.82, 2.24) is 4.57 Å². The smallest absolute Gasteiger partial charge is 0.135 e. The van der Waals surface area contributed by atoms with Crippen molar-refractivity contribution in [1.29, 1.82) is 0 Å². The van der Waals surface area contributed by atoms with Gasteiger partial charge in [0.25, 0.3) is 0 Å². The molecule has 4 nitrogen and oxygen atoms in total. The van der Waals surface area contributed by atoms with Crippen LogP contribution in [0.25, 0.3) is 93.9 Å². The highest BCUT2D eigenvalue weighted by molar-refractivity contribution is 6.10. The van der Waals surface area contributed by atoms with Gasteiger partial charge >= 0.3 is 0 Å². The van der Waals surface area contributed by atoms with Crippen LogP contribution in [0.15, 0.2) is 283 Å². The van der Waals surface area contributed by atoms with Crippen LogP contribution in [0, 0.1) is 0 Å². The molecule has 14 aromatic rings. The van der Waals surface area contributed by atoms with Crippen LogP contribution < -0.4 is 9.80 Å². The third kappa shape index (κ3) is 10.2. The molecule has 0 fully saturated rings. The van der Waals surface area contributed by atoms with Crippen LogP contribution in [-0.4, -0.2) is 4.57 Å². The average Bonchev–Trinajstić information content (AvgIpc) is 1.78. The molecule has 14 rings (SSSR count). The van der Waals surface area contributed by atoms with Gasteiger partial charge in [0, 0.05) is 72.2 Å². The summed E-state index contributed by atoms with van der Waals surface area (Å²) in [5.74, 6) is 0. The molecular formula is C84H73N3O. The number of nitrogens with zero attached hydrogens (tertiary/aromatic N) is 3. The monoisotopic (exact) mass is 1140 g/mol. The molecule has 0 bridgehead atoms. The molecule has 0 unspecified atom stereocenters. The minimum atomic E-state index is -0.321. The molecule has 88 heavy (non-hydrogen) atoms. The van der Waals surface area contributed by atoms with Crippen molar-refractivity contribution in [3.05, 3.63) is 296 Å². The number of furan rings is 1. The lowest BCUT2D eigenvalue weighted by Gasteiger charge is -2.36. The van der Waals surface area contributed by atoms with E-state index in [0.29, 0.717) is 0 Å². The lowest BCUT2D eigenvalue weighted by molar-refractivity contribution is 0.590. The Labute approximate surface area is 518 Å². The van der Waals surface area contributed by atoms with E-state index in [0.717, 1.165) is 117 Å². The maximum atomic E-state index is 6.63. The third-order valence-corrected chi connectivity index (χ3v) is 17.6. The van der Waals surface area contributed by atoms with E-state index >= 15 is 0 Å². The molecule has 0 amide bonds. The van der Waals surface area contributed by atoms with Gasteiger partial charge in [-0.3, -0.25) is 0 Å². The number of benzene rings is 12. The number of rotatable bonds is 11. The van der Waals surface area contributed by atoms with Crippen LogP contribution in [0.5, 0.6) is 0 Å². The van der Waals surface area contributed by atoms with Crippen LogP contribution in [0.4, 0.5) is 34.1 Å². The van der Waals surface area contributed by atoms with Crippen molar-refractivity contribution in [2.24, 2.45) is 0 Å². The fourth-order valence-electron chi connectivity index (χ4n) is 12.9. The van der Waals surface area contributed by atoms with E-state index in [1.807, 2.05) is 0 Å². The second-order valence-electron chi connectivity index (χ2n) is 26.6. The number of anilines is 6. The molecule has 0 saturated heterocycles. The molecule has 2 heterocycles. The van der Waals surface area contributed by atoms with Gasteiger partial charge in [-0.15, -0.1) is 0 Å². The minimum absolute atomic E-state index is 0.173. The molecule has 12 aromatic carbocycles. The molecule has 0 aliphatic rings. The summed E-state index contributed by atoms with van der Waals surface area (Å²) in [5, 5.41) is 4.58. The normalized spacial score (nSPS) is 12.1. The SMILES string of the molecule is CC(C)(C)c1cc(N(c2cccc(-n3c4ccccc4c4ccccc43)c2)c2c(-c3ccccc3)cc(C(C)(C)C)cc2-c2ccccc2)cc(N(c2ccc3oc4ccccc4c3c2)c2c(-c3ccccc3)cc(C(C)(C)C)cc2-c2ccccc2)c1. The van der Waals surface area contributed by atoms with Crippen LogP contribution >= 0.6 is 0 Å². The summed E-state index contributed by atoms with van der Waals surface area (Å²) in [7, 11) is 0. The zero-order valence-electron chi connectivity index (χ0n) is 51.8. The lowest BCUT2D eigenvalue weighted by Crippen LogP contribution is -2.20. The van der Waals surface area contributed by atoms with E-state index in [1.54, 1.807) is 0 Å². The van der Waals surface area contributed by atoms with Crippen LogP contribution in [0.3, 0.4) is 0 Å². The van der Waals surface area contributed by atoms with Gasteiger partial charge in [0.2, 0.25) is 0 Å². The summed E-state index contributed by atoms with van der Waals surface area (Å²) in [6.07, 6.45) is 0. The third-order valence-electron chi connectivity index (χ3n) is 17.6. The van der Waals surface area contributed by atoms with Gasteiger partial charge in [-0.2, -0.15) is 0 Å². The van der Waals surface area contributed by atoms with Crippen molar-refractivity contribution < 1.29 is 4.42 Å². The van der Waals surface area contributed by atoms with Gasteiger partial charge < -0.3 is 18.8 Å². The van der Waals surface area contributed by atoms with E-state index in [-0.39, 0.29) is 16.2 Å². The fourth-order valence-corrected chi connectivity index (χ4v) is 12.9. The molecule has 0 N–H and O–H groups in total. The first-order chi connectivity index (χ1) is 42.5. The second kappa shape index (κ2) is 22.0. The Hall–Kier alpha value is -10.2. The summed E-state index contributed by atoms with van der Waals surface area (Å²) in [4.78, 5) is 5.14. The number of para-hydroxylation sites is 3. The largest absolute Gasteiger partial charge is 0.456 e. The number of hydrogen-bond donors (Lipinski definition) is 0. The highest BCUT2D eigenvalue weighted by atomic mass is 16.3. The Morgan fingerprint density at radius 2 is 0.636 bits per heavy atom. The lowest BCUT2D eigenvalue weighted by atomic mass is 9.81. The predicted octanol–water partition coefficient (Wildman–Crippen LogP) is 24.2. The molecule has 0 radical (unpaired) electrons. The van der Waals surface area contributed by atoms with Gasteiger partial charge in [-0.1, -0.05) is 244 Å². The van der Waals surface area contributed by atoms with E-state index in [2.05, 4.69) is 356 Å². The summed E-state index contributed by atoms with van der Waals surface area (Å²) < 4.78 is 9.07.